The van der Waals surface area contributed by atoms with Crippen LogP contribution in [0.1, 0.15) is 15.4 Å². The molecule has 0 saturated heterocycles. The summed E-state index contributed by atoms with van der Waals surface area (Å²) >= 11 is 1.45. The largest absolute Gasteiger partial charge is 0.455 e. The van der Waals surface area contributed by atoms with E-state index in [0.717, 1.165) is 4.88 Å². The van der Waals surface area contributed by atoms with E-state index in [2.05, 4.69) is 10.3 Å². The molecule has 1 heterocycles. The molecule has 1 amide bonds. The van der Waals surface area contributed by atoms with Crippen molar-refractivity contribution in [2.45, 2.75) is 6.92 Å². The van der Waals surface area contributed by atoms with E-state index in [-0.39, 0.29) is 5.91 Å². The first-order valence-electron chi connectivity index (χ1n) is 6.77. The number of nitrogens with zero attached hydrogens (tertiary/aromatic N) is 1. The van der Waals surface area contributed by atoms with Gasteiger partial charge in [0.05, 0.1) is 11.2 Å². The zero-order valence-electron chi connectivity index (χ0n) is 11.9. The second kappa shape index (κ2) is 6.41. The Balaban J connectivity index is 1.83. The maximum absolute atomic E-state index is 12.3. The zero-order valence-corrected chi connectivity index (χ0v) is 12.8. The van der Waals surface area contributed by atoms with Crippen LogP contribution >= 0.6 is 11.3 Å². The van der Waals surface area contributed by atoms with Gasteiger partial charge in [-0.15, -0.1) is 11.3 Å². The van der Waals surface area contributed by atoms with Gasteiger partial charge in [0.1, 0.15) is 11.4 Å². The van der Waals surface area contributed by atoms with Crippen molar-refractivity contribution in [3.05, 3.63) is 70.7 Å². The molecule has 0 unspecified atom stereocenters. The fourth-order valence-electron chi connectivity index (χ4n) is 1.98. The second-order valence-electron chi connectivity index (χ2n) is 4.62. The van der Waals surface area contributed by atoms with Crippen molar-refractivity contribution in [1.82, 2.24) is 4.98 Å². The molecule has 0 fully saturated rings. The molecular weight excluding hydrogens is 296 g/mol. The minimum atomic E-state index is -0.233. The predicted molar refractivity (Wildman–Crippen MR) is 87.8 cm³/mol. The number of hydrogen-bond donors (Lipinski definition) is 1. The average Bonchev–Trinajstić information content (AvgIpc) is 2.96. The Kier molecular flexibility index (Phi) is 4.16. The fourth-order valence-corrected chi connectivity index (χ4v) is 2.55. The van der Waals surface area contributed by atoms with Crippen molar-refractivity contribution in [1.29, 1.82) is 0 Å². The fraction of sp³-hybridized carbons (Fsp3) is 0.0588. The number of carbonyl (C=O) groups excluding carboxylic acids is 1. The Morgan fingerprint density at radius 1 is 1.09 bits per heavy atom. The van der Waals surface area contributed by atoms with E-state index >= 15 is 0 Å². The first kappa shape index (κ1) is 14.3. The van der Waals surface area contributed by atoms with Crippen LogP contribution in [-0.4, -0.2) is 10.9 Å². The molecule has 3 aromatic rings. The number of amides is 1. The normalized spacial score (nSPS) is 10.2. The Hall–Kier alpha value is -2.66. The Morgan fingerprint density at radius 2 is 1.82 bits per heavy atom. The number of benzene rings is 2. The molecule has 0 radical (unpaired) electrons. The van der Waals surface area contributed by atoms with Gasteiger partial charge in [-0.25, -0.2) is 4.98 Å². The molecule has 0 bridgehead atoms. The molecule has 0 aliphatic carbocycles. The van der Waals surface area contributed by atoms with Crippen molar-refractivity contribution in [2.24, 2.45) is 0 Å². The van der Waals surface area contributed by atoms with Crippen molar-refractivity contribution in [3.8, 4) is 11.5 Å². The SMILES string of the molecule is Cc1scnc1C(=O)Nc1ccccc1Oc1ccccc1. The maximum Gasteiger partial charge on any atom is 0.275 e. The highest BCUT2D eigenvalue weighted by Crippen LogP contribution is 2.29. The summed E-state index contributed by atoms with van der Waals surface area (Å²) in [7, 11) is 0. The lowest BCUT2D eigenvalue weighted by atomic mass is 10.2. The van der Waals surface area contributed by atoms with Crippen molar-refractivity contribution >= 4 is 22.9 Å². The molecule has 2 aromatic carbocycles. The number of thiazole rings is 1. The standard InChI is InChI=1S/C17H14N2O2S/c1-12-16(18-11-22-12)17(20)19-14-9-5-6-10-15(14)21-13-7-3-2-4-8-13/h2-11H,1H3,(H,19,20). The summed E-state index contributed by atoms with van der Waals surface area (Å²) in [6, 6.07) is 16.8. The lowest BCUT2D eigenvalue weighted by molar-refractivity contribution is 0.102. The minimum Gasteiger partial charge on any atom is -0.455 e. The van der Waals surface area contributed by atoms with E-state index in [4.69, 9.17) is 4.74 Å². The monoisotopic (exact) mass is 310 g/mol. The van der Waals surface area contributed by atoms with Gasteiger partial charge in [-0.2, -0.15) is 0 Å². The number of ether oxygens (including phenoxy) is 1. The van der Waals surface area contributed by atoms with Crippen molar-refractivity contribution < 1.29 is 9.53 Å². The second-order valence-corrected chi connectivity index (χ2v) is 5.68. The molecule has 1 aromatic heterocycles. The average molecular weight is 310 g/mol. The quantitative estimate of drug-likeness (QED) is 0.772. The molecule has 0 spiro atoms. The van der Waals surface area contributed by atoms with Crippen LogP contribution in [0.25, 0.3) is 0 Å². The van der Waals surface area contributed by atoms with E-state index in [1.165, 1.54) is 11.3 Å². The van der Waals surface area contributed by atoms with Gasteiger partial charge in [-0.3, -0.25) is 4.79 Å². The number of rotatable bonds is 4. The van der Waals surface area contributed by atoms with Gasteiger partial charge in [-0.1, -0.05) is 30.3 Å². The molecule has 0 saturated carbocycles. The van der Waals surface area contributed by atoms with Crippen LogP contribution in [0.3, 0.4) is 0 Å². The number of aromatic nitrogens is 1. The highest BCUT2D eigenvalue weighted by atomic mass is 32.1. The smallest absolute Gasteiger partial charge is 0.275 e. The highest BCUT2D eigenvalue weighted by Gasteiger charge is 2.14. The molecule has 0 atom stereocenters. The molecule has 0 aliphatic heterocycles. The molecule has 110 valence electrons. The summed E-state index contributed by atoms with van der Waals surface area (Å²) in [6.45, 7) is 1.87. The number of aryl methyl sites for hydroxylation is 1. The third-order valence-electron chi connectivity index (χ3n) is 3.07. The predicted octanol–water partition coefficient (Wildman–Crippen LogP) is 4.50. The Labute approximate surface area is 132 Å². The van der Waals surface area contributed by atoms with E-state index < -0.39 is 0 Å². The van der Waals surface area contributed by atoms with Crippen LogP contribution in [0.4, 0.5) is 5.69 Å². The topological polar surface area (TPSA) is 51.2 Å². The minimum absolute atomic E-state index is 0.233. The lowest BCUT2D eigenvalue weighted by Crippen LogP contribution is -2.13. The van der Waals surface area contributed by atoms with E-state index in [9.17, 15) is 4.79 Å². The summed E-state index contributed by atoms with van der Waals surface area (Å²) in [6.07, 6.45) is 0. The summed E-state index contributed by atoms with van der Waals surface area (Å²) < 4.78 is 5.83. The summed E-state index contributed by atoms with van der Waals surface area (Å²) in [4.78, 5) is 17.3. The zero-order chi connectivity index (χ0) is 15.4. The third kappa shape index (κ3) is 3.15. The lowest BCUT2D eigenvalue weighted by Gasteiger charge is -2.11. The molecule has 1 N–H and O–H groups in total. The number of anilines is 1. The molecule has 5 heteroatoms. The van der Waals surface area contributed by atoms with Crippen LogP contribution in [-0.2, 0) is 0 Å². The molecule has 3 rings (SSSR count). The first-order valence-corrected chi connectivity index (χ1v) is 7.65. The Morgan fingerprint density at radius 3 is 2.55 bits per heavy atom. The summed E-state index contributed by atoms with van der Waals surface area (Å²) in [5.41, 5.74) is 2.72. The van der Waals surface area contributed by atoms with Crippen LogP contribution in [0, 0.1) is 6.92 Å². The van der Waals surface area contributed by atoms with Crippen LogP contribution in [0.15, 0.2) is 60.1 Å². The number of para-hydroxylation sites is 3. The maximum atomic E-state index is 12.3. The molecular formula is C17H14N2O2S. The summed E-state index contributed by atoms with van der Waals surface area (Å²) in [5, 5.41) is 2.85. The van der Waals surface area contributed by atoms with Crippen LogP contribution in [0.2, 0.25) is 0 Å². The number of nitrogens with one attached hydrogen (secondary N) is 1. The van der Waals surface area contributed by atoms with Crippen molar-refractivity contribution in [2.75, 3.05) is 5.32 Å². The van der Waals surface area contributed by atoms with Gasteiger partial charge in [0.2, 0.25) is 0 Å². The number of carbonyl (C=O) groups is 1. The van der Waals surface area contributed by atoms with Gasteiger partial charge < -0.3 is 10.1 Å². The summed E-state index contributed by atoms with van der Waals surface area (Å²) in [5.74, 6) is 1.08. The van der Waals surface area contributed by atoms with Gasteiger partial charge in [0.15, 0.2) is 5.75 Å². The highest BCUT2D eigenvalue weighted by molar-refractivity contribution is 7.09. The van der Waals surface area contributed by atoms with Crippen LogP contribution < -0.4 is 10.1 Å². The van der Waals surface area contributed by atoms with E-state index in [0.29, 0.717) is 22.9 Å². The number of hydrogen-bond acceptors (Lipinski definition) is 4. The Bertz CT molecular complexity index is 784. The van der Waals surface area contributed by atoms with Gasteiger partial charge in [-0.05, 0) is 31.2 Å². The van der Waals surface area contributed by atoms with Gasteiger partial charge in [0.25, 0.3) is 5.91 Å². The van der Waals surface area contributed by atoms with Gasteiger partial charge in [0, 0.05) is 4.88 Å². The van der Waals surface area contributed by atoms with E-state index in [1.54, 1.807) is 11.6 Å². The first-order chi connectivity index (χ1) is 10.7. The van der Waals surface area contributed by atoms with Gasteiger partial charge >= 0.3 is 0 Å². The van der Waals surface area contributed by atoms with Crippen molar-refractivity contribution in [3.63, 3.8) is 0 Å². The van der Waals surface area contributed by atoms with E-state index in [1.807, 2.05) is 55.5 Å². The molecule has 4 nitrogen and oxygen atoms in total. The molecule has 0 aliphatic rings. The third-order valence-corrected chi connectivity index (χ3v) is 3.82. The van der Waals surface area contributed by atoms with Crippen LogP contribution in [0.5, 0.6) is 11.5 Å². The molecule has 22 heavy (non-hydrogen) atoms.